The number of nitrogens with one attached hydrogen (secondary N) is 1. The molecule has 2 aromatic carbocycles. The second-order valence-electron chi connectivity index (χ2n) is 5.87. The van der Waals surface area contributed by atoms with E-state index in [2.05, 4.69) is 67.7 Å². The Morgan fingerprint density at radius 2 is 1.68 bits per heavy atom. The first-order valence-electron chi connectivity index (χ1n) is 8.17. The molecule has 2 heteroatoms. The van der Waals surface area contributed by atoms with E-state index in [-0.39, 0.29) is 0 Å². The topological polar surface area (TPSA) is 38.0 Å². The molecule has 0 saturated heterocycles. The summed E-state index contributed by atoms with van der Waals surface area (Å²) in [5, 5.41) is 3.49. The van der Waals surface area contributed by atoms with Gasteiger partial charge in [-0.2, -0.15) is 0 Å². The number of benzene rings is 2. The molecule has 1 aliphatic carbocycles. The summed E-state index contributed by atoms with van der Waals surface area (Å²) in [7, 11) is 0. The van der Waals surface area contributed by atoms with Crippen molar-refractivity contribution in [3.8, 4) is 0 Å². The van der Waals surface area contributed by atoms with Crippen LogP contribution in [0, 0.1) is 0 Å². The van der Waals surface area contributed by atoms with Crippen molar-refractivity contribution >= 4 is 11.4 Å². The number of rotatable bonds is 3. The summed E-state index contributed by atoms with van der Waals surface area (Å²) in [6.45, 7) is 5.24. The van der Waals surface area contributed by atoms with Gasteiger partial charge in [0.25, 0.3) is 0 Å². The van der Waals surface area contributed by atoms with Gasteiger partial charge < -0.3 is 11.1 Å². The van der Waals surface area contributed by atoms with Crippen molar-refractivity contribution < 1.29 is 0 Å². The van der Waals surface area contributed by atoms with Gasteiger partial charge in [-0.3, -0.25) is 0 Å². The van der Waals surface area contributed by atoms with Crippen LogP contribution in [0.2, 0.25) is 0 Å². The quantitative estimate of drug-likeness (QED) is 0.892. The predicted octanol–water partition coefficient (Wildman–Crippen LogP) is 4.13. The molecule has 0 spiro atoms. The Balaban J connectivity index is 2.29. The van der Waals surface area contributed by atoms with Crippen LogP contribution in [-0.4, -0.2) is 6.54 Å². The van der Waals surface area contributed by atoms with Gasteiger partial charge >= 0.3 is 0 Å². The first kappa shape index (κ1) is 14.7. The van der Waals surface area contributed by atoms with E-state index in [0.717, 1.165) is 30.8 Å². The molecule has 0 saturated carbocycles. The minimum Gasteiger partial charge on any atom is -0.397 e. The average Bonchev–Trinajstić information content (AvgIpc) is 2.56. The van der Waals surface area contributed by atoms with Gasteiger partial charge in [-0.05, 0) is 36.8 Å². The fraction of sp³-hybridized carbons (Fsp3) is 0.300. The van der Waals surface area contributed by atoms with Crippen LogP contribution in [0.25, 0.3) is 11.4 Å². The maximum Gasteiger partial charge on any atom is 0.0656 e. The molecule has 114 valence electrons. The Hall–Kier alpha value is -2.22. The van der Waals surface area contributed by atoms with E-state index in [1.165, 1.54) is 22.3 Å². The van der Waals surface area contributed by atoms with Crippen molar-refractivity contribution in [1.82, 2.24) is 5.32 Å². The summed E-state index contributed by atoms with van der Waals surface area (Å²) in [5.41, 5.74) is 13.7. The number of fused-ring (bicyclic) bond motifs is 2. The molecule has 2 aromatic rings. The Kier molecular flexibility index (Phi) is 4.19. The van der Waals surface area contributed by atoms with E-state index < -0.39 is 0 Å². The van der Waals surface area contributed by atoms with Crippen LogP contribution < -0.4 is 11.1 Å². The van der Waals surface area contributed by atoms with E-state index in [4.69, 9.17) is 5.73 Å². The fourth-order valence-corrected chi connectivity index (χ4v) is 3.43. The van der Waals surface area contributed by atoms with Crippen LogP contribution in [0.15, 0.2) is 48.5 Å². The predicted molar refractivity (Wildman–Crippen MR) is 94.3 cm³/mol. The second kappa shape index (κ2) is 6.27. The molecule has 1 aliphatic rings. The van der Waals surface area contributed by atoms with Crippen molar-refractivity contribution in [1.29, 1.82) is 0 Å². The Bertz CT molecular complexity index is 700. The van der Waals surface area contributed by atoms with Crippen molar-refractivity contribution in [3.05, 3.63) is 70.8 Å². The third-order valence-corrected chi connectivity index (χ3v) is 4.56. The van der Waals surface area contributed by atoms with Gasteiger partial charge in [0.1, 0.15) is 0 Å². The highest BCUT2D eigenvalue weighted by Crippen LogP contribution is 2.36. The molecular weight excluding hydrogens is 268 g/mol. The molecule has 22 heavy (non-hydrogen) atoms. The standard InChI is InChI=1S/C20H24N2/c1-3-14-13-15-9-5-6-11-17(15)20(22-4-2)19(21)18-12-8-7-10-16(14)18/h5-12,14,22H,3-4,13,21H2,1-2H3/b20-19-. The van der Waals surface area contributed by atoms with Gasteiger partial charge in [0, 0.05) is 17.7 Å². The third kappa shape index (κ3) is 2.50. The highest BCUT2D eigenvalue weighted by Gasteiger charge is 2.22. The van der Waals surface area contributed by atoms with Gasteiger partial charge in [0.2, 0.25) is 0 Å². The first-order chi connectivity index (χ1) is 10.8. The summed E-state index contributed by atoms with van der Waals surface area (Å²) in [6.07, 6.45) is 2.18. The molecule has 3 N–H and O–H groups in total. The molecule has 3 rings (SSSR count). The van der Waals surface area contributed by atoms with Crippen LogP contribution in [0.3, 0.4) is 0 Å². The Labute approximate surface area is 133 Å². The second-order valence-corrected chi connectivity index (χ2v) is 5.87. The summed E-state index contributed by atoms with van der Waals surface area (Å²) < 4.78 is 0. The van der Waals surface area contributed by atoms with E-state index >= 15 is 0 Å². The molecule has 1 atom stereocenters. The minimum absolute atomic E-state index is 0.513. The van der Waals surface area contributed by atoms with Gasteiger partial charge in [-0.25, -0.2) is 0 Å². The molecular formula is C20H24N2. The zero-order valence-corrected chi connectivity index (χ0v) is 13.4. The number of nitrogens with two attached hydrogens (primary N) is 1. The van der Waals surface area contributed by atoms with Crippen molar-refractivity contribution in [2.45, 2.75) is 32.6 Å². The highest BCUT2D eigenvalue weighted by atomic mass is 14.9. The zero-order valence-electron chi connectivity index (χ0n) is 13.4. The normalized spacial score (nSPS) is 20.5. The zero-order chi connectivity index (χ0) is 15.5. The lowest BCUT2D eigenvalue weighted by Gasteiger charge is -2.26. The van der Waals surface area contributed by atoms with Gasteiger partial charge in [0.05, 0.1) is 11.4 Å². The third-order valence-electron chi connectivity index (χ3n) is 4.56. The van der Waals surface area contributed by atoms with Gasteiger partial charge in [-0.1, -0.05) is 55.5 Å². The van der Waals surface area contributed by atoms with Gasteiger partial charge in [-0.15, -0.1) is 0 Å². The van der Waals surface area contributed by atoms with E-state index in [1.807, 2.05) is 0 Å². The van der Waals surface area contributed by atoms with Crippen molar-refractivity contribution in [2.24, 2.45) is 5.73 Å². The van der Waals surface area contributed by atoms with Gasteiger partial charge in [0.15, 0.2) is 0 Å². The SMILES string of the molecule is CCN/C1=C(\N)c2ccccc2C(CC)Cc2ccccc21. The van der Waals surface area contributed by atoms with E-state index in [0.29, 0.717) is 5.92 Å². The first-order valence-corrected chi connectivity index (χ1v) is 8.17. The lowest BCUT2D eigenvalue weighted by molar-refractivity contribution is 0.655. The maximum absolute atomic E-state index is 6.60. The summed E-state index contributed by atoms with van der Waals surface area (Å²) in [5.74, 6) is 0.513. The Morgan fingerprint density at radius 3 is 2.41 bits per heavy atom. The number of hydrogen-bond acceptors (Lipinski definition) is 2. The van der Waals surface area contributed by atoms with Crippen molar-refractivity contribution in [3.63, 3.8) is 0 Å². The summed E-state index contributed by atoms with van der Waals surface area (Å²) in [4.78, 5) is 0. The minimum atomic E-state index is 0.513. The lowest BCUT2D eigenvalue weighted by atomic mass is 9.81. The molecule has 0 heterocycles. The van der Waals surface area contributed by atoms with Crippen LogP contribution in [0.1, 0.15) is 48.4 Å². The van der Waals surface area contributed by atoms with Crippen LogP contribution in [0.4, 0.5) is 0 Å². The summed E-state index contributed by atoms with van der Waals surface area (Å²) >= 11 is 0. The number of hydrogen-bond donors (Lipinski definition) is 2. The van der Waals surface area contributed by atoms with Crippen LogP contribution in [-0.2, 0) is 6.42 Å². The molecule has 0 aliphatic heterocycles. The fourth-order valence-electron chi connectivity index (χ4n) is 3.43. The van der Waals surface area contributed by atoms with Crippen LogP contribution >= 0.6 is 0 Å². The molecule has 2 nitrogen and oxygen atoms in total. The van der Waals surface area contributed by atoms with Crippen molar-refractivity contribution in [2.75, 3.05) is 6.54 Å². The van der Waals surface area contributed by atoms with E-state index in [9.17, 15) is 0 Å². The molecule has 0 amide bonds. The monoisotopic (exact) mass is 292 g/mol. The smallest absolute Gasteiger partial charge is 0.0656 e. The molecule has 0 radical (unpaired) electrons. The molecule has 0 aromatic heterocycles. The molecule has 1 unspecified atom stereocenters. The molecule has 0 bridgehead atoms. The Morgan fingerprint density at radius 1 is 1.00 bits per heavy atom. The van der Waals surface area contributed by atoms with Crippen LogP contribution in [0.5, 0.6) is 0 Å². The summed E-state index contributed by atoms with van der Waals surface area (Å²) in [6, 6.07) is 17.2. The molecule has 0 fully saturated rings. The van der Waals surface area contributed by atoms with E-state index in [1.54, 1.807) is 0 Å². The largest absolute Gasteiger partial charge is 0.397 e. The highest BCUT2D eigenvalue weighted by molar-refractivity contribution is 5.90. The maximum atomic E-state index is 6.60. The lowest BCUT2D eigenvalue weighted by Crippen LogP contribution is -2.21. The average molecular weight is 292 g/mol.